The van der Waals surface area contributed by atoms with Crippen LogP contribution in [0.3, 0.4) is 0 Å². The number of hydrogen-bond donors (Lipinski definition) is 2. The molecule has 0 atom stereocenters. The fourth-order valence-electron chi connectivity index (χ4n) is 6.90. The Labute approximate surface area is 404 Å². The average molecular weight is 913 g/mol. The molecule has 0 fully saturated rings. The highest BCUT2D eigenvalue weighted by molar-refractivity contribution is 6.11. The number of anilines is 2. The van der Waals surface area contributed by atoms with Crippen molar-refractivity contribution in [2.75, 3.05) is 10.6 Å². The molecule has 8 aromatic rings. The number of carbonyl (C=O) groups is 5. The minimum absolute atomic E-state index is 0.0217. The van der Waals surface area contributed by atoms with E-state index in [0.29, 0.717) is 67.9 Å². The van der Waals surface area contributed by atoms with Crippen LogP contribution in [0.25, 0.3) is 0 Å². The molecule has 9 heteroatoms. The van der Waals surface area contributed by atoms with E-state index in [1.165, 1.54) is 5.56 Å². The van der Waals surface area contributed by atoms with Gasteiger partial charge in [0.05, 0.1) is 11.9 Å². The van der Waals surface area contributed by atoms with Gasteiger partial charge in [0.25, 0.3) is 11.8 Å². The molecular formula is C60H56N4O5. The Morgan fingerprint density at radius 3 is 1.07 bits per heavy atom. The molecule has 6 aromatic carbocycles. The number of nitrogens with zero attached hydrogens (tertiary/aromatic N) is 2. The smallest absolute Gasteiger partial charge is 0.255 e. The Hall–Kier alpha value is -8.43. The molecule has 0 aliphatic rings. The van der Waals surface area contributed by atoms with Gasteiger partial charge in [-0.1, -0.05) is 169 Å². The summed E-state index contributed by atoms with van der Waals surface area (Å²) in [6.07, 6.45) is 3.31. The normalized spacial score (nSPS) is 10.6. The molecule has 346 valence electrons. The van der Waals surface area contributed by atoms with Crippen LogP contribution in [0.4, 0.5) is 11.4 Å². The number of ketones is 3. The van der Waals surface area contributed by atoms with E-state index in [0.717, 1.165) is 17.1 Å². The Kier molecular flexibility index (Phi) is 17.7. The third-order valence-corrected chi connectivity index (χ3v) is 11.0. The van der Waals surface area contributed by atoms with Crippen molar-refractivity contribution in [2.24, 2.45) is 0 Å². The van der Waals surface area contributed by atoms with Crippen molar-refractivity contribution in [1.82, 2.24) is 9.97 Å². The lowest BCUT2D eigenvalue weighted by Crippen LogP contribution is -2.12. The minimum Gasteiger partial charge on any atom is -0.322 e. The second-order valence-electron chi connectivity index (χ2n) is 17.2. The molecule has 0 aliphatic heterocycles. The molecule has 0 saturated heterocycles. The molecule has 2 heterocycles. The molecule has 2 N–H and O–H groups in total. The molecule has 0 spiro atoms. The monoisotopic (exact) mass is 912 g/mol. The maximum Gasteiger partial charge on any atom is 0.255 e. The number of rotatable bonds is 13. The van der Waals surface area contributed by atoms with E-state index in [1.807, 2.05) is 115 Å². The van der Waals surface area contributed by atoms with Crippen LogP contribution in [-0.2, 0) is 0 Å². The van der Waals surface area contributed by atoms with Gasteiger partial charge < -0.3 is 10.6 Å². The minimum atomic E-state index is -0.234. The van der Waals surface area contributed by atoms with Gasteiger partial charge in [0.1, 0.15) is 0 Å². The zero-order valence-corrected chi connectivity index (χ0v) is 39.7. The molecule has 0 radical (unpaired) electrons. The van der Waals surface area contributed by atoms with Crippen molar-refractivity contribution in [3.63, 3.8) is 0 Å². The van der Waals surface area contributed by atoms with Crippen LogP contribution in [0, 0.1) is 0 Å². The summed E-state index contributed by atoms with van der Waals surface area (Å²) < 4.78 is 0. The lowest BCUT2D eigenvalue weighted by molar-refractivity contribution is 0.101. The highest BCUT2D eigenvalue weighted by Crippen LogP contribution is 2.21. The third kappa shape index (κ3) is 14.3. The van der Waals surface area contributed by atoms with Gasteiger partial charge in [0.2, 0.25) is 0 Å². The van der Waals surface area contributed by atoms with Crippen LogP contribution < -0.4 is 10.6 Å². The Bertz CT molecular complexity index is 2950. The maximum atomic E-state index is 12.5. The van der Waals surface area contributed by atoms with Crippen molar-refractivity contribution in [2.45, 2.75) is 59.3 Å². The number of amides is 2. The molecule has 2 amide bonds. The van der Waals surface area contributed by atoms with Gasteiger partial charge in [0.15, 0.2) is 17.3 Å². The van der Waals surface area contributed by atoms with Crippen LogP contribution in [0.1, 0.15) is 145 Å². The van der Waals surface area contributed by atoms with Crippen LogP contribution in [0.5, 0.6) is 0 Å². The van der Waals surface area contributed by atoms with Crippen molar-refractivity contribution in [3.8, 4) is 0 Å². The molecule has 0 unspecified atom stereocenters. The second-order valence-corrected chi connectivity index (χ2v) is 17.2. The number of benzene rings is 6. The van der Waals surface area contributed by atoms with Crippen LogP contribution in [-0.4, -0.2) is 39.1 Å². The highest BCUT2D eigenvalue weighted by Gasteiger charge is 2.14. The highest BCUT2D eigenvalue weighted by atomic mass is 16.2. The molecule has 8 rings (SSSR count). The third-order valence-electron chi connectivity index (χ3n) is 11.0. The summed E-state index contributed by atoms with van der Waals surface area (Å²) in [4.78, 5) is 70.4. The Balaban J connectivity index is 0.000000174. The molecule has 9 nitrogen and oxygen atoms in total. The fourth-order valence-corrected chi connectivity index (χ4v) is 6.90. The predicted molar refractivity (Wildman–Crippen MR) is 276 cm³/mol. The van der Waals surface area contributed by atoms with Gasteiger partial charge in [-0.25, -0.2) is 0 Å². The SMILES string of the molecule is CC(C)c1ccc(C(=O)c2ccccc2)cn1.CC(C)c1ccc(NC(=O)c2ccc(C(=O)c3ccccc3)cc2)cn1.CC(C)c1cccc(NC(=O)c2ccc(C(=O)c3ccccc3)cc2)c1. The van der Waals surface area contributed by atoms with E-state index >= 15 is 0 Å². The van der Waals surface area contributed by atoms with Gasteiger partial charge in [-0.3, -0.25) is 33.9 Å². The Morgan fingerprint density at radius 1 is 0.333 bits per heavy atom. The lowest BCUT2D eigenvalue weighted by atomic mass is 10.0. The fraction of sp³-hybridized carbons (Fsp3) is 0.150. The van der Waals surface area contributed by atoms with E-state index in [4.69, 9.17) is 0 Å². The van der Waals surface area contributed by atoms with E-state index in [2.05, 4.69) is 62.1 Å². The number of hydrogen-bond acceptors (Lipinski definition) is 7. The van der Waals surface area contributed by atoms with Crippen molar-refractivity contribution in [1.29, 1.82) is 0 Å². The molecule has 69 heavy (non-hydrogen) atoms. The van der Waals surface area contributed by atoms with E-state index in [-0.39, 0.29) is 29.2 Å². The summed E-state index contributed by atoms with van der Waals surface area (Å²) in [5.41, 5.74) is 9.29. The summed E-state index contributed by atoms with van der Waals surface area (Å²) in [6.45, 7) is 12.5. The molecule has 0 saturated carbocycles. The first-order valence-corrected chi connectivity index (χ1v) is 22.9. The zero-order chi connectivity index (χ0) is 49.3. The quantitative estimate of drug-likeness (QED) is 0.110. The van der Waals surface area contributed by atoms with Crippen molar-refractivity contribution < 1.29 is 24.0 Å². The van der Waals surface area contributed by atoms with Crippen LogP contribution >= 0.6 is 0 Å². The predicted octanol–water partition coefficient (Wildman–Crippen LogP) is 13.4. The zero-order valence-electron chi connectivity index (χ0n) is 39.7. The van der Waals surface area contributed by atoms with Crippen molar-refractivity contribution in [3.05, 3.63) is 262 Å². The van der Waals surface area contributed by atoms with E-state index < -0.39 is 0 Å². The average Bonchev–Trinajstić information content (AvgIpc) is 3.39. The number of nitrogens with one attached hydrogen (secondary N) is 2. The Morgan fingerprint density at radius 2 is 0.696 bits per heavy atom. The largest absolute Gasteiger partial charge is 0.322 e. The number of pyridine rings is 2. The van der Waals surface area contributed by atoms with Gasteiger partial charge in [-0.05, 0) is 84.0 Å². The maximum absolute atomic E-state index is 12.5. The second kappa shape index (κ2) is 24.4. The first-order chi connectivity index (χ1) is 33.3. The van der Waals surface area contributed by atoms with Gasteiger partial charge in [-0.15, -0.1) is 0 Å². The molecule has 2 aromatic heterocycles. The summed E-state index contributed by atoms with van der Waals surface area (Å²) in [5, 5.41) is 5.73. The summed E-state index contributed by atoms with van der Waals surface area (Å²) >= 11 is 0. The first kappa shape index (κ1) is 50.0. The molecular weight excluding hydrogens is 857 g/mol. The van der Waals surface area contributed by atoms with Crippen LogP contribution in [0.15, 0.2) is 200 Å². The summed E-state index contributed by atoms with van der Waals surface area (Å²) in [6, 6.07) is 56.2. The van der Waals surface area contributed by atoms with E-state index in [9.17, 15) is 24.0 Å². The lowest BCUT2D eigenvalue weighted by Gasteiger charge is -2.10. The number of carbonyl (C=O) groups excluding carboxylic acids is 5. The van der Waals surface area contributed by atoms with Crippen molar-refractivity contribution >= 4 is 40.5 Å². The summed E-state index contributed by atoms with van der Waals surface area (Å²) in [5.74, 6) is 0.606. The standard InChI is InChI=1S/C23H21NO2.C22H20N2O2.C15H15NO/c1-16(2)20-9-6-10-21(15-20)24-23(26)19-13-11-18(12-14-19)22(25)17-7-4-3-5-8-17;1-15(2)20-13-12-19(14-23-20)24-22(26)18-10-8-17(9-11-18)21(25)16-6-4-3-5-7-16;1-11(2)14-9-8-13(10-16-14)15(17)12-6-4-3-5-7-12/h3-16H,1-2H3,(H,24,26);3-15H,1-2H3,(H,24,26);3-11H,1-2H3. The van der Waals surface area contributed by atoms with E-state index in [1.54, 1.807) is 85.2 Å². The molecule has 0 aliphatic carbocycles. The van der Waals surface area contributed by atoms with Gasteiger partial charge in [0, 0.05) is 67.8 Å². The number of aromatic nitrogens is 2. The van der Waals surface area contributed by atoms with Gasteiger partial charge in [-0.2, -0.15) is 0 Å². The topological polar surface area (TPSA) is 135 Å². The molecule has 0 bridgehead atoms. The summed E-state index contributed by atoms with van der Waals surface area (Å²) in [7, 11) is 0. The van der Waals surface area contributed by atoms with Gasteiger partial charge >= 0.3 is 0 Å². The van der Waals surface area contributed by atoms with Crippen LogP contribution in [0.2, 0.25) is 0 Å². The first-order valence-electron chi connectivity index (χ1n) is 22.9.